The van der Waals surface area contributed by atoms with Gasteiger partial charge in [0, 0.05) is 44.5 Å². The maximum atomic E-state index is 13.0. The van der Waals surface area contributed by atoms with Gasteiger partial charge in [0.05, 0.1) is 6.54 Å². The topological polar surface area (TPSA) is 103 Å². The number of nitrogens with zero attached hydrogens (tertiary/aromatic N) is 3. The molecule has 0 atom stereocenters. The second-order valence-electron chi connectivity index (χ2n) is 6.36. The zero-order valence-electron chi connectivity index (χ0n) is 15.6. The van der Waals surface area contributed by atoms with E-state index in [2.05, 4.69) is 19.3 Å². The Kier molecular flexibility index (Phi) is 9.70. The molecule has 0 spiro atoms. The second-order valence-corrected chi connectivity index (χ2v) is 7.89. The van der Waals surface area contributed by atoms with Gasteiger partial charge in [0.2, 0.25) is 0 Å². The molecule has 1 aliphatic heterocycles. The first-order chi connectivity index (χ1) is 12.3. The van der Waals surface area contributed by atoms with Crippen molar-refractivity contribution in [2.75, 3.05) is 44.2 Å². The summed E-state index contributed by atoms with van der Waals surface area (Å²) in [6.07, 6.45) is 0. The third kappa shape index (κ3) is 8.15. The summed E-state index contributed by atoms with van der Waals surface area (Å²) in [5.74, 6) is 0.155. The molecular weight excluding hydrogens is 486 g/mol. The highest BCUT2D eigenvalue weighted by atomic mass is 127. The van der Waals surface area contributed by atoms with Gasteiger partial charge in [-0.25, -0.2) is 9.11 Å². The summed E-state index contributed by atoms with van der Waals surface area (Å²) in [6.45, 7) is 6.86. The summed E-state index contributed by atoms with van der Waals surface area (Å²) in [5.41, 5.74) is 6.98. The molecule has 1 aromatic rings. The van der Waals surface area contributed by atoms with Gasteiger partial charge >= 0.3 is 0 Å². The molecule has 2 rings (SSSR count). The Bertz CT molecular complexity index is 706. The minimum absolute atomic E-state index is 0. The van der Waals surface area contributed by atoms with E-state index in [9.17, 15) is 12.8 Å². The van der Waals surface area contributed by atoms with Crippen molar-refractivity contribution in [2.24, 2.45) is 10.7 Å². The fraction of sp³-hybridized carbons (Fsp3) is 0.562. The van der Waals surface area contributed by atoms with Gasteiger partial charge in [0.15, 0.2) is 5.96 Å². The number of piperazine rings is 1. The molecule has 27 heavy (non-hydrogen) atoms. The zero-order chi connectivity index (χ0) is 19.2. The lowest BCUT2D eigenvalue weighted by Crippen LogP contribution is -2.51. The Morgan fingerprint density at radius 3 is 2.37 bits per heavy atom. The lowest BCUT2D eigenvalue weighted by Gasteiger charge is -2.36. The first-order valence-electron chi connectivity index (χ1n) is 8.59. The summed E-state index contributed by atoms with van der Waals surface area (Å²) in [5, 5.41) is 0. The minimum atomic E-state index is -3.50. The second kappa shape index (κ2) is 11.0. The fourth-order valence-corrected chi connectivity index (χ4v) is 3.71. The summed E-state index contributed by atoms with van der Waals surface area (Å²) < 4.78 is 41.1. The van der Waals surface area contributed by atoms with Crippen LogP contribution in [0.4, 0.5) is 10.1 Å². The quantitative estimate of drug-likeness (QED) is 0.215. The van der Waals surface area contributed by atoms with Crippen LogP contribution in [0.1, 0.15) is 13.8 Å². The highest BCUT2D eigenvalue weighted by Gasteiger charge is 2.18. The third-order valence-electron chi connectivity index (χ3n) is 3.86. The van der Waals surface area contributed by atoms with Crippen molar-refractivity contribution in [3.8, 4) is 0 Å². The van der Waals surface area contributed by atoms with Crippen LogP contribution in [0.2, 0.25) is 0 Å². The van der Waals surface area contributed by atoms with Crippen molar-refractivity contribution >= 4 is 45.8 Å². The molecule has 0 aliphatic carbocycles. The van der Waals surface area contributed by atoms with Crippen molar-refractivity contribution in [1.82, 2.24) is 14.3 Å². The number of guanidine groups is 1. The summed E-state index contributed by atoms with van der Waals surface area (Å²) in [6, 6.07) is 6.26. The van der Waals surface area contributed by atoms with E-state index in [1.807, 2.05) is 4.90 Å². The lowest BCUT2D eigenvalue weighted by molar-refractivity contribution is 0.381. The lowest BCUT2D eigenvalue weighted by atomic mass is 10.2. The van der Waals surface area contributed by atoms with Gasteiger partial charge in [-0.05, 0) is 38.1 Å². The molecule has 8 nitrogen and oxygen atoms in total. The molecule has 0 amide bonds. The Balaban J connectivity index is 0.00000364. The van der Waals surface area contributed by atoms with Gasteiger partial charge in [-0.1, -0.05) is 0 Å². The van der Waals surface area contributed by atoms with E-state index in [4.69, 9.17) is 5.73 Å². The van der Waals surface area contributed by atoms with Crippen LogP contribution in [0.15, 0.2) is 29.3 Å². The van der Waals surface area contributed by atoms with Crippen LogP contribution < -0.4 is 20.1 Å². The summed E-state index contributed by atoms with van der Waals surface area (Å²) in [7, 11) is -3.50. The maximum absolute atomic E-state index is 13.0. The molecule has 0 bridgehead atoms. The van der Waals surface area contributed by atoms with Gasteiger partial charge < -0.3 is 15.5 Å². The molecule has 4 N–H and O–H groups in total. The predicted octanol–water partition coefficient (Wildman–Crippen LogP) is 0.713. The Labute approximate surface area is 177 Å². The van der Waals surface area contributed by atoms with Gasteiger partial charge in [-0.15, -0.1) is 24.0 Å². The number of hydrogen-bond donors (Lipinski definition) is 3. The average Bonchev–Trinajstić information content (AvgIpc) is 2.58. The average molecular weight is 514 g/mol. The smallest absolute Gasteiger partial charge is 0.277 e. The van der Waals surface area contributed by atoms with Gasteiger partial charge in [0.1, 0.15) is 5.82 Å². The third-order valence-corrected chi connectivity index (χ3v) is 5.23. The molecule has 0 radical (unpaired) electrons. The molecule has 11 heteroatoms. The number of rotatable bonds is 7. The molecule has 1 saturated heterocycles. The highest BCUT2D eigenvalue weighted by molar-refractivity contribution is 14.0. The van der Waals surface area contributed by atoms with E-state index in [1.54, 1.807) is 26.0 Å². The molecule has 1 aromatic carbocycles. The summed E-state index contributed by atoms with van der Waals surface area (Å²) >= 11 is 0. The van der Waals surface area contributed by atoms with Crippen LogP contribution in [-0.4, -0.2) is 64.6 Å². The molecule has 1 fully saturated rings. The maximum Gasteiger partial charge on any atom is 0.277 e. The molecule has 1 aliphatic rings. The SMILES string of the molecule is CC(C)NS(=O)(=O)NCCN=C(N)N1CCN(c2ccc(F)cc2)CC1.I. The fourth-order valence-electron chi connectivity index (χ4n) is 2.65. The van der Waals surface area contributed by atoms with Crippen molar-refractivity contribution in [3.05, 3.63) is 30.1 Å². The predicted molar refractivity (Wildman–Crippen MR) is 117 cm³/mol. The number of hydrogen-bond acceptors (Lipinski definition) is 4. The molecule has 0 aromatic heterocycles. The van der Waals surface area contributed by atoms with Crippen LogP contribution in [0, 0.1) is 5.82 Å². The molecule has 1 heterocycles. The first-order valence-corrected chi connectivity index (χ1v) is 10.1. The van der Waals surface area contributed by atoms with E-state index >= 15 is 0 Å². The number of anilines is 1. The monoisotopic (exact) mass is 514 g/mol. The van der Waals surface area contributed by atoms with Gasteiger partial charge in [0.25, 0.3) is 10.2 Å². The van der Waals surface area contributed by atoms with Crippen LogP contribution >= 0.6 is 24.0 Å². The molecule has 0 unspecified atom stereocenters. The standard InChI is InChI=1S/C16H27FN6O2S.HI/c1-13(2)21-26(24,25)20-8-7-19-16(18)23-11-9-22(10-12-23)15-5-3-14(17)4-6-15;/h3-6,13,20-21H,7-12H2,1-2H3,(H2,18,19);1H. The highest BCUT2D eigenvalue weighted by Crippen LogP contribution is 2.16. The number of aliphatic imine (C=N–C) groups is 1. The Morgan fingerprint density at radius 1 is 1.22 bits per heavy atom. The number of halogens is 2. The van der Waals surface area contributed by atoms with Crippen molar-refractivity contribution in [2.45, 2.75) is 19.9 Å². The molecule has 154 valence electrons. The zero-order valence-corrected chi connectivity index (χ0v) is 18.7. The van der Waals surface area contributed by atoms with Crippen LogP contribution in [-0.2, 0) is 10.2 Å². The van der Waals surface area contributed by atoms with E-state index in [0.717, 1.165) is 18.8 Å². The van der Waals surface area contributed by atoms with Crippen molar-refractivity contribution in [1.29, 1.82) is 0 Å². The van der Waals surface area contributed by atoms with Crippen LogP contribution in [0.5, 0.6) is 0 Å². The minimum Gasteiger partial charge on any atom is -0.370 e. The van der Waals surface area contributed by atoms with Crippen molar-refractivity contribution < 1.29 is 12.8 Å². The van der Waals surface area contributed by atoms with E-state index in [-0.39, 0.29) is 48.9 Å². The Morgan fingerprint density at radius 2 is 1.81 bits per heavy atom. The molecule has 0 saturated carbocycles. The van der Waals surface area contributed by atoms with Crippen molar-refractivity contribution in [3.63, 3.8) is 0 Å². The van der Waals surface area contributed by atoms with Gasteiger partial charge in [-0.3, -0.25) is 4.99 Å². The first kappa shape index (κ1) is 23.9. The summed E-state index contributed by atoms with van der Waals surface area (Å²) in [4.78, 5) is 8.36. The normalized spacial score (nSPS) is 15.8. The van der Waals surface area contributed by atoms with E-state index in [0.29, 0.717) is 19.0 Å². The van der Waals surface area contributed by atoms with Crippen LogP contribution in [0.3, 0.4) is 0 Å². The molecular formula is C16H28FIN6O2S. The number of nitrogens with one attached hydrogen (secondary N) is 2. The Hall–Kier alpha value is -1.18. The van der Waals surface area contributed by atoms with Crippen LogP contribution in [0.25, 0.3) is 0 Å². The largest absolute Gasteiger partial charge is 0.370 e. The number of nitrogens with two attached hydrogens (primary N) is 1. The van der Waals surface area contributed by atoms with E-state index in [1.165, 1.54) is 12.1 Å². The van der Waals surface area contributed by atoms with E-state index < -0.39 is 10.2 Å². The number of benzene rings is 1. The van der Waals surface area contributed by atoms with Gasteiger partial charge in [-0.2, -0.15) is 13.1 Å².